The third-order valence-electron chi connectivity index (χ3n) is 7.68. The molecule has 36 heavy (non-hydrogen) atoms. The Morgan fingerprint density at radius 1 is 1.00 bits per heavy atom. The number of benzene rings is 2. The Morgan fingerprint density at radius 3 is 2.61 bits per heavy atom. The molecule has 0 spiro atoms. The molecule has 0 bridgehead atoms. The zero-order valence-electron chi connectivity index (χ0n) is 20.9. The summed E-state index contributed by atoms with van der Waals surface area (Å²) in [7, 11) is 2.21. The first-order chi connectivity index (χ1) is 17.6. The Balaban J connectivity index is 1.21. The van der Waals surface area contributed by atoms with Gasteiger partial charge in [0.1, 0.15) is 35.2 Å². The first-order valence-electron chi connectivity index (χ1n) is 12.9. The van der Waals surface area contributed by atoms with Gasteiger partial charge in [0.05, 0.1) is 0 Å². The molecule has 7 heteroatoms. The Bertz CT molecular complexity index is 1320. The fourth-order valence-corrected chi connectivity index (χ4v) is 5.54. The van der Waals surface area contributed by atoms with E-state index in [4.69, 9.17) is 15.5 Å². The zero-order valence-corrected chi connectivity index (χ0v) is 20.9. The molecular formula is C29H34N6O. The van der Waals surface area contributed by atoms with E-state index in [2.05, 4.69) is 50.5 Å². The summed E-state index contributed by atoms with van der Waals surface area (Å²) < 4.78 is 8.25. The maximum absolute atomic E-state index is 6.39. The molecule has 1 aliphatic heterocycles. The first kappa shape index (κ1) is 23.0. The van der Waals surface area contributed by atoms with E-state index in [1.165, 1.54) is 45.6 Å². The van der Waals surface area contributed by atoms with Crippen LogP contribution in [0.1, 0.15) is 30.1 Å². The molecule has 2 N–H and O–H groups in total. The lowest BCUT2D eigenvalue weighted by Gasteiger charge is -2.40. The molecule has 1 saturated heterocycles. The van der Waals surface area contributed by atoms with Crippen molar-refractivity contribution in [3.05, 3.63) is 78.4 Å². The lowest BCUT2D eigenvalue weighted by Crippen LogP contribution is -2.47. The van der Waals surface area contributed by atoms with Crippen LogP contribution in [0.4, 0.5) is 5.82 Å². The minimum Gasteiger partial charge on any atom is -0.489 e. The summed E-state index contributed by atoms with van der Waals surface area (Å²) in [6.07, 6.45) is 6.12. The van der Waals surface area contributed by atoms with Gasteiger partial charge < -0.3 is 20.3 Å². The van der Waals surface area contributed by atoms with Gasteiger partial charge in [-0.3, -0.25) is 4.40 Å². The van der Waals surface area contributed by atoms with Crippen molar-refractivity contribution >= 4 is 11.3 Å². The number of nitrogen functional groups attached to an aromatic ring is 1. The second-order valence-corrected chi connectivity index (χ2v) is 10.3. The average molecular weight is 483 g/mol. The molecule has 2 aromatic carbocycles. The molecular weight excluding hydrogens is 448 g/mol. The van der Waals surface area contributed by atoms with Crippen molar-refractivity contribution in [3.63, 3.8) is 0 Å². The number of fused-ring (bicyclic) bond motifs is 1. The van der Waals surface area contributed by atoms with Crippen LogP contribution in [0.3, 0.4) is 0 Å². The van der Waals surface area contributed by atoms with Crippen LogP contribution in [0, 0.1) is 5.92 Å². The van der Waals surface area contributed by atoms with Gasteiger partial charge in [0.25, 0.3) is 0 Å². The summed E-state index contributed by atoms with van der Waals surface area (Å²) in [4.78, 5) is 14.6. The summed E-state index contributed by atoms with van der Waals surface area (Å²) in [5.74, 6) is 3.61. The van der Waals surface area contributed by atoms with Gasteiger partial charge >= 0.3 is 0 Å². The van der Waals surface area contributed by atoms with Crippen LogP contribution in [0.25, 0.3) is 16.8 Å². The summed E-state index contributed by atoms with van der Waals surface area (Å²) in [6.45, 7) is 6.43. The molecule has 2 fully saturated rings. The first-order valence-corrected chi connectivity index (χ1v) is 12.9. The molecule has 1 aliphatic carbocycles. The molecule has 6 rings (SSSR count). The average Bonchev–Trinajstić information content (AvgIpc) is 3.27. The number of imidazole rings is 1. The van der Waals surface area contributed by atoms with Crippen LogP contribution in [0.5, 0.6) is 5.75 Å². The fraction of sp³-hybridized carbons (Fsp3) is 0.379. The highest BCUT2D eigenvalue weighted by Gasteiger charge is 2.35. The molecule has 0 amide bonds. The number of ether oxygens (including phenoxy) is 1. The molecule has 1 saturated carbocycles. The van der Waals surface area contributed by atoms with Crippen molar-refractivity contribution in [2.75, 3.05) is 45.5 Å². The Labute approximate surface area is 212 Å². The largest absolute Gasteiger partial charge is 0.489 e. The monoisotopic (exact) mass is 482 g/mol. The second-order valence-electron chi connectivity index (χ2n) is 10.3. The lowest BCUT2D eigenvalue weighted by molar-refractivity contribution is 0.104. The van der Waals surface area contributed by atoms with Crippen LogP contribution in [0.15, 0.2) is 67.0 Å². The smallest absolute Gasteiger partial charge is 0.150 e. The highest BCUT2D eigenvalue weighted by molar-refractivity contribution is 5.85. The van der Waals surface area contributed by atoms with E-state index < -0.39 is 0 Å². The molecule has 0 radical (unpaired) electrons. The van der Waals surface area contributed by atoms with Crippen molar-refractivity contribution in [1.29, 1.82) is 0 Å². The van der Waals surface area contributed by atoms with Gasteiger partial charge in [-0.1, -0.05) is 42.5 Å². The SMILES string of the molecule is CN1CCN(CC2CC(c3nc(-c4cccc(OCc5ccccc5)c4)c4c(N)nccn34)C2)CC1. The molecule has 0 atom stereocenters. The summed E-state index contributed by atoms with van der Waals surface area (Å²) in [5, 5.41) is 0. The van der Waals surface area contributed by atoms with E-state index in [9.17, 15) is 0 Å². The minimum atomic E-state index is 0.447. The Hall–Kier alpha value is -3.42. The molecule has 3 heterocycles. The molecule has 7 nitrogen and oxygen atoms in total. The molecule has 2 aromatic heterocycles. The van der Waals surface area contributed by atoms with Crippen molar-refractivity contribution in [1.82, 2.24) is 24.2 Å². The van der Waals surface area contributed by atoms with E-state index in [-0.39, 0.29) is 0 Å². The van der Waals surface area contributed by atoms with Crippen LogP contribution in [-0.4, -0.2) is 63.9 Å². The van der Waals surface area contributed by atoms with Gasteiger partial charge in [0.2, 0.25) is 0 Å². The topological polar surface area (TPSA) is 71.9 Å². The third-order valence-corrected chi connectivity index (χ3v) is 7.68. The van der Waals surface area contributed by atoms with Crippen molar-refractivity contribution in [2.45, 2.75) is 25.4 Å². The number of aromatic nitrogens is 3. The number of hydrogen-bond acceptors (Lipinski definition) is 6. The number of hydrogen-bond donors (Lipinski definition) is 1. The molecule has 186 valence electrons. The van der Waals surface area contributed by atoms with Crippen LogP contribution >= 0.6 is 0 Å². The molecule has 4 aromatic rings. The van der Waals surface area contributed by atoms with Crippen LogP contribution < -0.4 is 10.5 Å². The van der Waals surface area contributed by atoms with E-state index in [0.717, 1.165) is 39.8 Å². The predicted molar refractivity (Wildman–Crippen MR) is 143 cm³/mol. The quantitative estimate of drug-likeness (QED) is 0.424. The highest BCUT2D eigenvalue weighted by atomic mass is 16.5. The van der Waals surface area contributed by atoms with Crippen molar-refractivity contribution < 1.29 is 4.74 Å². The Morgan fingerprint density at radius 2 is 1.81 bits per heavy atom. The Kier molecular flexibility index (Phi) is 6.34. The predicted octanol–water partition coefficient (Wildman–Crippen LogP) is 4.30. The number of nitrogens with two attached hydrogens (primary N) is 1. The van der Waals surface area contributed by atoms with Gasteiger partial charge in [0, 0.05) is 56.6 Å². The molecule has 2 aliphatic rings. The number of rotatable bonds is 7. The third kappa shape index (κ3) is 4.68. The van der Waals surface area contributed by atoms with Gasteiger partial charge in [-0.25, -0.2) is 9.97 Å². The van der Waals surface area contributed by atoms with Gasteiger partial charge in [-0.15, -0.1) is 0 Å². The fourth-order valence-electron chi connectivity index (χ4n) is 5.54. The number of nitrogens with zero attached hydrogens (tertiary/aromatic N) is 5. The van der Waals surface area contributed by atoms with E-state index in [1.54, 1.807) is 6.20 Å². The number of likely N-dealkylation sites (N-methyl/N-ethyl adjacent to an activating group) is 1. The van der Waals surface area contributed by atoms with Gasteiger partial charge in [0.15, 0.2) is 0 Å². The standard InChI is InChI=1S/C29H34N6O/c1-33-12-14-34(15-13-33)19-22-16-24(17-22)29-32-26(27-28(30)31-10-11-35(27)29)23-8-5-9-25(18-23)36-20-21-6-3-2-4-7-21/h2-11,18,22,24H,12-17,19-20H2,1H3,(H2,30,31). The number of anilines is 1. The van der Waals surface area contributed by atoms with Crippen molar-refractivity contribution in [2.24, 2.45) is 5.92 Å². The van der Waals surface area contributed by atoms with E-state index >= 15 is 0 Å². The highest BCUT2D eigenvalue weighted by Crippen LogP contribution is 2.43. The summed E-state index contributed by atoms with van der Waals surface area (Å²) in [5.41, 5.74) is 10.3. The van der Waals surface area contributed by atoms with Crippen molar-refractivity contribution in [3.8, 4) is 17.0 Å². The van der Waals surface area contributed by atoms with Gasteiger partial charge in [-0.05, 0) is 43.5 Å². The summed E-state index contributed by atoms with van der Waals surface area (Å²) in [6, 6.07) is 18.3. The minimum absolute atomic E-state index is 0.447. The lowest BCUT2D eigenvalue weighted by atomic mass is 9.74. The molecule has 0 unspecified atom stereocenters. The van der Waals surface area contributed by atoms with Gasteiger partial charge in [-0.2, -0.15) is 0 Å². The van der Waals surface area contributed by atoms with Crippen LogP contribution in [-0.2, 0) is 6.61 Å². The number of piperazine rings is 1. The van der Waals surface area contributed by atoms with Crippen LogP contribution in [0.2, 0.25) is 0 Å². The van der Waals surface area contributed by atoms with E-state index in [0.29, 0.717) is 18.3 Å². The van der Waals surface area contributed by atoms with E-state index in [1.807, 2.05) is 36.5 Å². The maximum Gasteiger partial charge on any atom is 0.150 e. The normalized spacial score (nSPS) is 20.9. The summed E-state index contributed by atoms with van der Waals surface area (Å²) >= 11 is 0. The maximum atomic E-state index is 6.39. The second kappa shape index (κ2) is 9.91. The zero-order chi connectivity index (χ0) is 24.5.